The molecule has 2 N–H and O–H groups in total. The lowest BCUT2D eigenvalue weighted by Crippen LogP contribution is -2.50. The number of anilines is 1. The van der Waals surface area contributed by atoms with Gasteiger partial charge in [0.25, 0.3) is 0 Å². The van der Waals surface area contributed by atoms with Crippen LogP contribution in [0.4, 0.5) is 5.69 Å². The number of hydrogen-bond donors (Lipinski definition) is 2. The highest BCUT2D eigenvalue weighted by Crippen LogP contribution is 2.27. The zero-order valence-corrected chi connectivity index (χ0v) is 14.9. The maximum absolute atomic E-state index is 12.4. The van der Waals surface area contributed by atoms with E-state index in [9.17, 15) is 14.4 Å². The fraction of sp³-hybridized carbons (Fsp3) is 0.526. The lowest BCUT2D eigenvalue weighted by molar-refractivity contribution is -0.139. The van der Waals surface area contributed by atoms with Crippen LogP contribution in [-0.4, -0.2) is 35.0 Å². The third-order valence-corrected chi connectivity index (χ3v) is 5.00. The van der Waals surface area contributed by atoms with Gasteiger partial charge in [0.15, 0.2) is 0 Å². The van der Waals surface area contributed by atoms with E-state index in [0.717, 1.165) is 17.7 Å². The number of para-hydroxylation sites is 1. The van der Waals surface area contributed by atoms with Crippen LogP contribution < -0.4 is 10.2 Å². The Balaban J connectivity index is 2.02. The van der Waals surface area contributed by atoms with Crippen LogP contribution in [0, 0.1) is 0 Å². The highest BCUT2D eigenvalue weighted by molar-refractivity contribution is 5.97. The molecule has 0 radical (unpaired) electrons. The lowest BCUT2D eigenvalue weighted by atomic mass is 9.88. The average Bonchev–Trinajstić information content (AvgIpc) is 2.59. The number of rotatable bonds is 8. The number of hydrogen-bond acceptors (Lipinski definition) is 3. The molecule has 0 aliphatic carbocycles. The number of benzene rings is 1. The number of carbonyl (C=O) groups is 3. The summed E-state index contributed by atoms with van der Waals surface area (Å²) in [5.74, 6) is -1.13. The topological polar surface area (TPSA) is 86.7 Å². The molecular weight excluding hydrogens is 320 g/mol. The van der Waals surface area contributed by atoms with Gasteiger partial charge in [-0.05, 0) is 30.9 Å². The molecule has 0 unspecified atom stereocenters. The predicted molar refractivity (Wildman–Crippen MR) is 95.4 cm³/mol. The third-order valence-electron chi connectivity index (χ3n) is 5.00. The minimum absolute atomic E-state index is 0.0225. The van der Waals surface area contributed by atoms with Gasteiger partial charge in [0, 0.05) is 30.6 Å². The maximum atomic E-state index is 12.4. The van der Waals surface area contributed by atoms with Crippen LogP contribution in [0.2, 0.25) is 0 Å². The normalized spacial score (nSPS) is 14.2. The minimum atomic E-state index is -0.927. The number of nitrogens with one attached hydrogen (secondary N) is 1. The summed E-state index contributed by atoms with van der Waals surface area (Å²) in [6.07, 6.45) is 2.33. The molecule has 1 heterocycles. The van der Waals surface area contributed by atoms with Crippen molar-refractivity contribution in [3.63, 3.8) is 0 Å². The molecule has 0 spiro atoms. The fourth-order valence-corrected chi connectivity index (χ4v) is 3.32. The molecule has 0 aromatic heterocycles. The molecule has 25 heavy (non-hydrogen) atoms. The number of amides is 2. The van der Waals surface area contributed by atoms with Gasteiger partial charge in [0.1, 0.15) is 0 Å². The van der Waals surface area contributed by atoms with Gasteiger partial charge >= 0.3 is 5.97 Å². The van der Waals surface area contributed by atoms with Crippen LogP contribution >= 0.6 is 0 Å². The molecular formula is C19H26N2O4. The van der Waals surface area contributed by atoms with E-state index in [1.165, 1.54) is 0 Å². The van der Waals surface area contributed by atoms with E-state index in [2.05, 4.69) is 5.32 Å². The van der Waals surface area contributed by atoms with Crippen molar-refractivity contribution in [3.05, 3.63) is 29.8 Å². The molecule has 136 valence electrons. The zero-order valence-electron chi connectivity index (χ0n) is 14.9. The van der Waals surface area contributed by atoms with E-state index in [4.69, 9.17) is 5.11 Å². The van der Waals surface area contributed by atoms with Crippen molar-refractivity contribution in [1.29, 1.82) is 0 Å². The number of carboxylic acid groups (broad SMARTS) is 1. The molecule has 1 aromatic rings. The van der Waals surface area contributed by atoms with Crippen molar-refractivity contribution < 1.29 is 19.5 Å². The molecule has 2 rings (SSSR count). The van der Waals surface area contributed by atoms with Gasteiger partial charge in [0.2, 0.25) is 11.8 Å². The second kappa shape index (κ2) is 8.14. The molecule has 1 aliphatic rings. The molecule has 0 atom stereocenters. The summed E-state index contributed by atoms with van der Waals surface area (Å²) in [4.78, 5) is 37.4. The molecule has 2 amide bonds. The van der Waals surface area contributed by atoms with Crippen molar-refractivity contribution in [2.45, 2.75) is 57.9 Å². The summed E-state index contributed by atoms with van der Waals surface area (Å²) in [5, 5.41) is 12.0. The maximum Gasteiger partial charge on any atom is 0.305 e. The van der Waals surface area contributed by atoms with Crippen LogP contribution in [0.3, 0.4) is 0 Å². The second-order valence-electron chi connectivity index (χ2n) is 6.53. The Labute approximate surface area is 148 Å². The van der Waals surface area contributed by atoms with Crippen molar-refractivity contribution in [2.75, 3.05) is 11.4 Å². The van der Waals surface area contributed by atoms with Crippen molar-refractivity contribution in [1.82, 2.24) is 5.32 Å². The van der Waals surface area contributed by atoms with E-state index in [-0.39, 0.29) is 24.7 Å². The summed E-state index contributed by atoms with van der Waals surface area (Å²) in [6.45, 7) is 4.05. The summed E-state index contributed by atoms with van der Waals surface area (Å²) in [5.41, 5.74) is 1.26. The van der Waals surface area contributed by atoms with Crippen molar-refractivity contribution >= 4 is 23.5 Å². The molecule has 0 bridgehead atoms. The second-order valence-corrected chi connectivity index (χ2v) is 6.53. The lowest BCUT2D eigenvalue weighted by Gasteiger charge is -2.33. The first-order chi connectivity index (χ1) is 11.9. The summed E-state index contributed by atoms with van der Waals surface area (Å²) >= 11 is 0. The number of fused-ring (bicyclic) bond motifs is 1. The van der Waals surface area contributed by atoms with Crippen molar-refractivity contribution in [2.24, 2.45) is 0 Å². The summed E-state index contributed by atoms with van der Waals surface area (Å²) < 4.78 is 0. The third kappa shape index (κ3) is 4.59. The van der Waals surface area contributed by atoms with Crippen LogP contribution in [0.15, 0.2) is 24.3 Å². The molecule has 0 fully saturated rings. The van der Waals surface area contributed by atoms with Crippen LogP contribution in [0.5, 0.6) is 0 Å². The quantitative estimate of drug-likeness (QED) is 0.757. The Morgan fingerprint density at radius 1 is 1.20 bits per heavy atom. The molecule has 1 aromatic carbocycles. The Morgan fingerprint density at radius 3 is 2.52 bits per heavy atom. The van der Waals surface area contributed by atoms with Gasteiger partial charge in [0.05, 0.1) is 6.42 Å². The number of carboxylic acids is 1. The predicted octanol–water partition coefficient (Wildman–Crippen LogP) is 2.51. The van der Waals surface area contributed by atoms with Gasteiger partial charge in [-0.3, -0.25) is 14.4 Å². The Morgan fingerprint density at radius 2 is 1.88 bits per heavy atom. The van der Waals surface area contributed by atoms with Crippen LogP contribution in [0.1, 0.15) is 51.5 Å². The standard InChI is InChI=1S/C19H26N2O4/c1-3-19(4-2,13-18(24)25)20-16(22)11-12-21-15-8-6-5-7-14(15)9-10-17(21)23/h5-8H,3-4,9-13H2,1-2H3,(H,20,22)(H,24,25). The number of carbonyl (C=O) groups excluding carboxylic acids is 2. The summed E-state index contributed by atoms with van der Waals surface area (Å²) in [6, 6.07) is 7.73. The molecule has 1 aliphatic heterocycles. The number of aliphatic carboxylic acids is 1. The first kappa shape index (κ1) is 19.0. The van der Waals surface area contributed by atoms with Crippen LogP contribution in [0.25, 0.3) is 0 Å². The van der Waals surface area contributed by atoms with Gasteiger partial charge < -0.3 is 15.3 Å². The smallest absolute Gasteiger partial charge is 0.305 e. The Kier molecular flexibility index (Phi) is 6.17. The van der Waals surface area contributed by atoms with Crippen LogP contribution in [-0.2, 0) is 20.8 Å². The SMILES string of the molecule is CCC(CC)(CC(=O)O)NC(=O)CCN1C(=O)CCc2ccccc21. The zero-order chi connectivity index (χ0) is 18.4. The van der Waals surface area contributed by atoms with Gasteiger partial charge in [-0.1, -0.05) is 32.0 Å². The summed E-state index contributed by atoms with van der Waals surface area (Å²) in [7, 11) is 0. The monoisotopic (exact) mass is 346 g/mol. The van der Waals surface area contributed by atoms with E-state index in [1.54, 1.807) is 4.90 Å². The number of nitrogens with zero attached hydrogens (tertiary/aromatic N) is 1. The van der Waals surface area contributed by atoms with Gasteiger partial charge in [-0.15, -0.1) is 0 Å². The average molecular weight is 346 g/mol. The van der Waals surface area contributed by atoms with E-state index < -0.39 is 11.5 Å². The largest absolute Gasteiger partial charge is 0.481 e. The van der Waals surface area contributed by atoms with Crippen molar-refractivity contribution in [3.8, 4) is 0 Å². The van der Waals surface area contributed by atoms with Gasteiger partial charge in [-0.25, -0.2) is 0 Å². The minimum Gasteiger partial charge on any atom is -0.481 e. The Hall–Kier alpha value is -2.37. The van der Waals surface area contributed by atoms with E-state index in [1.807, 2.05) is 38.1 Å². The molecule has 0 saturated heterocycles. The highest BCUT2D eigenvalue weighted by atomic mass is 16.4. The molecule has 6 heteroatoms. The first-order valence-corrected chi connectivity index (χ1v) is 8.82. The number of aryl methyl sites for hydroxylation is 1. The highest BCUT2D eigenvalue weighted by Gasteiger charge is 2.31. The van der Waals surface area contributed by atoms with E-state index in [0.29, 0.717) is 25.8 Å². The molecule has 6 nitrogen and oxygen atoms in total. The van der Waals surface area contributed by atoms with E-state index >= 15 is 0 Å². The fourth-order valence-electron chi connectivity index (χ4n) is 3.32. The van der Waals surface area contributed by atoms with Gasteiger partial charge in [-0.2, -0.15) is 0 Å². The first-order valence-electron chi connectivity index (χ1n) is 8.82. The molecule has 0 saturated carbocycles. The Bertz CT molecular complexity index is 653.